The third-order valence-corrected chi connectivity index (χ3v) is 3.09. The molecule has 1 aromatic carbocycles. The summed E-state index contributed by atoms with van der Waals surface area (Å²) in [7, 11) is 0. The summed E-state index contributed by atoms with van der Waals surface area (Å²) >= 11 is 0. The van der Waals surface area contributed by atoms with Crippen molar-refractivity contribution in [2.45, 2.75) is 6.92 Å². The van der Waals surface area contributed by atoms with Gasteiger partial charge in [0, 0.05) is 50.5 Å². The van der Waals surface area contributed by atoms with Gasteiger partial charge in [-0.25, -0.2) is 5.01 Å². The van der Waals surface area contributed by atoms with Crippen molar-refractivity contribution in [3.63, 3.8) is 0 Å². The standard InChI is InChI=1S/C12H18N4O2/c1-2-13-15-9-7-14(8-10-15)11-3-5-12(6-4-11)16(17)18/h3-6,13H,2,7-10H2,1H3. The Morgan fingerprint density at radius 1 is 1.22 bits per heavy atom. The predicted octanol–water partition coefficient (Wildman–Crippen LogP) is 1.24. The molecule has 2 rings (SSSR count). The van der Waals surface area contributed by atoms with Crippen LogP contribution in [0.4, 0.5) is 11.4 Å². The fourth-order valence-electron chi connectivity index (χ4n) is 2.13. The molecule has 98 valence electrons. The summed E-state index contributed by atoms with van der Waals surface area (Å²) < 4.78 is 0. The second kappa shape index (κ2) is 5.79. The van der Waals surface area contributed by atoms with Crippen LogP contribution >= 0.6 is 0 Å². The van der Waals surface area contributed by atoms with Crippen LogP contribution in [0.5, 0.6) is 0 Å². The molecular formula is C12H18N4O2. The average Bonchev–Trinajstić information content (AvgIpc) is 2.40. The molecule has 1 heterocycles. The summed E-state index contributed by atoms with van der Waals surface area (Å²) in [6, 6.07) is 6.76. The Hall–Kier alpha value is -1.66. The highest BCUT2D eigenvalue weighted by Gasteiger charge is 2.16. The van der Waals surface area contributed by atoms with Crippen molar-refractivity contribution < 1.29 is 4.92 Å². The van der Waals surface area contributed by atoms with Gasteiger partial charge in [-0.1, -0.05) is 6.92 Å². The Bertz CT molecular complexity index is 399. The van der Waals surface area contributed by atoms with Crippen LogP contribution in [-0.4, -0.2) is 42.7 Å². The van der Waals surface area contributed by atoms with E-state index in [2.05, 4.69) is 22.3 Å². The number of nitro benzene ring substituents is 1. The number of nitrogens with zero attached hydrogens (tertiary/aromatic N) is 3. The highest BCUT2D eigenvalue weighted by atomic mass is 16.6. The van der Waals surface area contributed by atoms with Gasteiger partial charge in [0.25, 0.3) is 5.69 Å². The quantitative estimate of drug-likeness (QED) is 0.643. The molecule has 0 bridgehead atoms. The minimum Gasteiger partial charge on any atom is -0.369 e. The van der Waals surface area contributed by atoms with Crippen molar-refractivity contribution >= 4 is 11.4 Å². The molecule has 0 spiro atoms. The van der Waals surface area contributed by atoms with E-state index >= 15 is 0 Å². The lowest BCUT2D eigenvalue weighted by Gasteiger charge is -2.36. The highest BCUT2D eigenvalue weighted by Crippen LogP contribution is 2.20. The van der Waals surface area contributed by atoms with Crippen LogP contribution in [0.2, 0.25) is 0 Å². The number of non-ortho nitro benzene ring substituents is 1. The molecule has 1 aliphatic rings. The third kappa shape index (κ3) is 2.96. The van der Waals surface area contributed by atoms with E-state index in [1.165, 1.54) is 0 Å². The molecule has 0 aromatic heterocycles. The maximum Gasteiger partial charge on any atom is 0.269 e. The first kappa shape index (κ1) is 12.8. The van der Waals surface area contributed by atoms with Crippen molar-refractivity contribution in [3.8, 4) is 0 Å². The molecule has 0 atom stereocenters. The molecular weight excluding hydrogens is 232 g/mol. The normalized spacial score (nSPS) is 16.8. The zero-order valence-corrected chi connectivity index (χ0v) is 10.5. The number of nitro groups is 1. The van der Waals surface area contributed by atoms with Gasteiger partial charge in [0.15, 0.2) is 0 Å². The summed E-state index contributed by atoms with van der Waals surface area (Å²) in [5.41, 5.74) is 4.49. The number of piperazine rings is 1. The fraction of sp³-hybridized carbons (Fsp3) is 0.500. The van der Waals surface area contributed by atoms with E-state index in [4.69, 9.17) is 0 Å². The number of nitrogens with one attached hydrogen (secondary N) is 1. The molecule has 1 N–H and O–H groups in total. The molecule has 6 nitrogen and oxygen atoms in total. The maximum atomic E-state index is 10.6. The number of benzene rings is 1. The Kier molecular flexibility index (Phi) is 4.11. The molecule has 0 saturated carbocycles. The smallest absolute Gasteiger partial charge is 0.269 e. The van der Waals surface area contributed by atoms with Crippen LogP contribution in [-0.2, 0) is 0 Å². The van der Waals surface area contributed by atoms with Gasteiger partial charge < -0.3 is 4.90 Å². The van der Waals surface area contributed by atoms with Crippen molar-refractivity contribution in [3.05, 3.63) is 34.4 Å². The first-order chi connectivity index (χ1) is 8.70. The largest absolute Gasteiger partial charge is 0.369 e. The van der Waals surface area contributed by atoms with E-state index < -0.39 is 0 Å². The average molecular weight is 250 g/mol. The molecule has 0 radical (unpaired) electrons. The van der Waals surface area contributed by atoms with E-state index in [1.54, 1.807) is 12.1 Å². The van der Waals surface area contributed by atoms with Gasteiger partial charge >= 0.3 is 0 Å². The second-order valence-corrected chi connectivity index (χ2v) is 4.26. The third-order valence-electron chi connectivity index (χ3n) is 3.09. The summed E-state index contributed by atoms with van der Waals surface area (Å²) in [5, 5.41) is 12.8. The Balaban J connectivity index is 1.95. The van der Waals surface area contributed by atoms with Gasteiger partial charge in [0.05, 0.1) is 4.92 Å². The van der Waals surface area contributed by atoms with Crippen LogP contribution in [0.15, 0.2) is 24.3 Å². The molecule has 1 saturated heterocycles. The van der Waals surface area contributed by atoms with Crippen LogP contribution in [0.25, 0.3) is 0 Å². The Labute approximate surface area is 106 Å². The minimum atomic E-state index is -0.368. The van der Waals surface area contributed by atoms with Crippen molar-refractivity contribution in [2.24, 2.45) is 0 Å². The molecule has 18 heavy (non-hydrogen) atoms. The lowest BCUT2D eigenvalue weighted by atomic mass is 10.2. The molecule has 1 aliphatic heterocycles. The molecule has 6 heteroatoms. The summed E-state index contributed by atoms with van der Waals surface area (Å²) in [6.45, 7) is 6.82. The van der Waals surface area contributed by atoms with Crippen LogP contribution in [0, 0.1) is 10.1 Å². The lowest BCUT2D eigenvalue weighted by Crippen LogP contribution is -2.51. The zero-order valence-electron chi connectivity index (χ0n) is 10.5. The summed E-state index contributed by atoms with van der Waals surface area (Å²) in [4.78, 5) is 12.5. The van der Waals surface area contributed by atoms with Crippen molar-refractivity contribution in [2.75, 3.05) is 37.6 Å². The predicted molar refractivity (Wildman–Crippen MR) is 70.6 cm³/mol. The summed E-state index contributed by atoms with van der Waals surface area (Å²) in [6.07, 6.45) is 0. The maximum absolute atomic E-state index is 10.6. The molecule has 0 amide bonds. The topological polar surface area (TPSA) is 61.6 Å². The second-order valence-electron chi connectivity index (χ2n) is 4.26. The van der Waals surface area contributed by atoms with Gasteiger partial charge in [-0.2, -0.15) is 0 Å². The van der Waals surface area contributed by atoms with E-state index in [-0.39, 0.29) is 10.6 Å². The molecule has 1 aromatic rings. The van der Waals surface area contributed by atoms with Crippen LogP contribution in [0.3, 0.4) is 0 Å². The number of rotatable bonds is 4. The lowest BCUT2D eigenvalue weighted by molar-refractivity contribution is -0.384. The Morgan fingerprint density at radius 3 is 2.33 bits per heavy atom. The van der Waals surface area contributed by atoms with E-state index in [9.17, 15) is 10.1 Å². The Morgan fingerprint density at radius 2 is 1.83 bits per heavy atom. The summed E-state index contributed by atoms with van der Waals surface area (Å²) in [5.74, 6) is 0. The van der Waals surface area contributed by atoms with Gasteiger partial charge in [0.2, 0.25) is 0 Å². The number of hydrogen-bond acceptors (Lipinski definition) is 5. The molecule has 1 fully saturated rings. The van der Waals surface area contributed by atoms with Crippen molar-refractivity contribution in [1.82, 2.24) is 10.4 Å². The van der Waals surface area contributed by atoms with Gasteiger partial charge in [-0.15, -0.1) is 0 Å². The molecule has 0 aliphatic carbocycles. The van der Waals surface area contributed by atoms with Crippen LogP contribution in [0.1, 0.15) is 6.92 Å². The zero-order chi connectivity index (χ0) is 13.0. The highest BCUT2D eigenvalue weighted by molar-refractivity contribution is 5.51. The minimum absolute atomic E-state index is 0.144. The van der Waals surface area contributed by atoms with E-state index in [0.717, 1.165) is 38.4 Å². The SMILES string of the molecule is CCNN1CCN(c2ccc([N+](=O)[O-])cc2)CC1. The fourth-order valence-corrected chi connectivity index (χ4v) is 2.13. The van der Waals surface area contributed by atoms with E-state index in [1.807, 2.05) is 12.1 Å². The monoisotopic (exact) mass is 250 g/mol. The van der Waals surface area contributed by atoms with Crippen LogP contribution < -0.4 is 10.3 Å². The molecule has 0 unspecified atom stereocenters. The van der Waals surface area contributed by atoms with E-state index in [0.29, 0.717) is 0 Å². The van der Waals surface area contributed by atoms with Crippen molar-refractivity contribution in [1.29, 1.82) is 0 Å². The first-order valence-corrected chi connectivity index (χ1v) is 6.18. The van der Waals surface area contributed by atoms with Gasteiger partial charge in [-0.3, -0.25) is 15.5 Å². The number of hydrazine groups is 1. The van der Waals surface area contributed by atoms with Gasteiger partial charge in [-0.05, 0) is 12.1 Å². The number of anilines is 1. The number of hydrogen-bond donors (Lipinski definition) is 1. The van der Waals surface area contributed by atoms with Gasteiger partial charge in [0.1, 0.15) is 0 Å². The first-order valence-electron chi connectivity index (χ1n) is 6.18.